The van der Waals surface area contributed by atoms with Gasteiger partial charge in [0.15, 0.2) is 6.10 Å². The molecule has 5 heteroatoms. The predicted molar refractivity (Wildman–Crippen MR) is 49.1 cm³/mol. The summed E-state index contributed by atoms with van der Waals surface area (Å²) in [6.45, 7) is 0. The number of hydrogen-bond donors (Lipinski definition) is 4. The van der Waals surface area contributed by atoms with Gasteiger partial charge in [0.2, 0.25) is 0 Å². The first kappa shape index (κ1) is 10.3. The summed E-state index contributed by atoms with van der Waals surface area (Å²) in [5.74, 6) is -0.207. The molecule has 0 aliphatic carbocycles. The molecule has 0 bridgehead atoms. The fourth-order valence-electron chi connectivity index (χ4n) is 1.05. The van der Waals surface area contributed by atoms with Crippen LogP contribution in [0.4, 0.5) is 5.69 Å². The first-order valence-electron chi connectivity index (χ1n) is 3.90. The number of benzene rings is 1. The van der Waals surface area contributed by atoms with Gasteiger partial charge >= 0.3 is 0 Å². The lowest BCUT2D eigenvalue weighted by Gasteiger charge is -2.13. The lowest BCUT2D eigenvalue weighted by atomic mass is 10.0. The zero-order valence-electron chi connectivity index (χ0n) is 7.25. The predicted octanol–water partition coefficient (Wildman–Crippen LogP) is -0.108. The van der Waals surface area contributed by atoms with E-state index in [-0.39, 0.29) is 11.3 Å². The monoisotopic (exact) mass is 194 g/mol. The molecule has 2 unspecified atom stereocenters. The molecule has 0 fully saturated rings. The Bertz CT molecular complexity index is 373. The Labute approximate surface area is 80.6 Å². The minimum Gasteiger partial charge on any atom is -0.508 e. The third-order valence-electron chi connectivity index (χ3n) is 1.80. The molecular formula is C9H10N2O3. The van der Waals surface area contributed by atoms with Gasteiger partial charge in [0, 0.05) is 11.3 Å². The summed E-state index contributed by atoms with van der Waals surface area (Å²) >= 11 is 0. The van der Waals surface area contributed by atoms with Gasteiger partial charge < -0.3 is 21.1 Å². The first-order chi connectivity index (χ1) is 6.56. The minimum absolute atomic E-state index is 0.0408. The number of nitrogen functional groups attached to an aromatic ring is 1. The molecule has 0 saturated carbocycles. The molecule has 1 aromatic carbocycles. The maximum Gasteiger partial charge on any atom is 0.170 e. The van der Waals surface area contributed by atoms with Gasteiger partial charge in [0.05, 0.1) is 6.07 Å². The van der Waals surface area contributed by atoms with Crippen LogP contribution in [0.5, 0.6) is 5.75 Å². The van der Waals surface area contributed by atoms with Crippen molar-refractivity contribution in [2.75, 3.05) is 5.73 Å². The van der Waals surface area contributed by atoms with E-state index in [4.69, 9.17) is 16.1 Å². The molecule has 0 amide bonds. The number of nitriles is 1. The van der Waals surface area contributed by atoms with E-state index in [0.29, 0.717) is 5.69 Å². The highest BCUT2D eigenvalue weighted by Crippen LogP contribution is 2.28. The molecule has 5 N–H and O–H groups in total. The second kappa shape index (κ2) is 3.96. The van der Waals surface area contributed by atoms with E-state index in [0.717, 1.165) is 0 Å². The van der Waals surface area contributed by atoms with Crippen molar-refractivity contribution >= 4 is 5.69 Å². The third-order valence-corrected chi connectivity index (χ3v) is 1.80. The molecule has 0 radical (unpaired) electrons. The maximum atomic E-state index is 9.41. The van der Waals surface area contributed by atoms with Crippen molar-refractivity contribution in [3.63, 3.8) is 0 Å². The molecule has 0 heterocycles. The van der Waals surface area contributed by atoms with Crippen LogP contribution in [-0.4, -0.2) is 21.4 Å². The van der Waals surface area contributed by atoms with Gasteiger partial charge in [-0.05, 0) is 18.2 Å². The lowest BCUT2D eigenvalue weighted by Crippen LogP contribution is -2.16. The van der Waals surface area contributed by atoms with Gasteiger partial charge in [-0.25, -0.2) is 0 Å². The molecule has 74 valence electrons. The van der Waals surface area contributed by atoms with Crippen LogP contribution in [0.1, 0.15) is 11.7 Å². The number of phenols is 1. The summed E-state index contributed by atoms with van der Waals surface area (Å²) in [5, 5.41) is 36.1. The smallest absolute Gasteiger partial charge is 0.170 e. The van der Waals surface area contributed by atoms with Crippen molar-refractivity contribution in [1.29, 1.82) is 5.26 Å². The molecule has 1 aromatic rings. The van der Waals surface area contributed by atoms with Gasteiger partial charge in [-0.15, -0.1) is 0 Å². The quantitative estimate of drug-likeness (QED) is 0.298. The largest absolute Gasteiger partial charge is 0.508 e. The summed E-state index contributed by atoms with van der Waals surface area (Å²) in [4.78, 5) is 0. The molecule has 0 spiro atoms. The van der Waals surface area contributed by atoms with Crippen molar-refractivity contribution < 1.29 is 15.3 Å². The third kappa shape index (κ3) is 1.93. The molecule has 5 nitrogen and oxygen atoms in total. The lowest BCUT2D eigenvalue weighted by molar-refractivity contribution is 0.0512. The van der Waals surface area contributed by atoms with Crippen LogP contribution in [0, 0.1) is 11.3 Å². The summed E-state index contributed by atoms with van der Waals surface area (Å²) in [7, 11) is 0. The van der Waals surface area contributed by atoms with E-state index in [2.05, 4.69) is 0 Å². The normalized spacial score (nSPS) is 14.4. The first-order valence-corrected chi connectivity index (χ1v) is 3.90. The summed E-state index contributed by atoms with van der Waals surface area (Å²) in [5.41, 5.74) is 5.80. The molecule has 1 rings (SSSR count). The molecule has 0 aliphatic heterocycles. The fourth-order valence-corrected chi connectivity index (χ4v) is 1.05. The number of aliphatic hydroxyl groups is 2. The second-order valence-electron chi connectivity index (χ2n) is 2.84. The molecule has 2 atom stereocenters. The number of phenolic OH excluding ortho intramolecular Hbond substituents is 1. The minimum atomic E-state index is -1.58. The van der Waals surface area contributed by atoms with Crippen LogP contribution in [0.25, 0.3) is 0 Å². The molecule has 14 heavy (non-hydrogen) atoms. The van der Waals surface area contributed by atoms with Crippen molar-refractivity contribution in [3.05, 3.63) is 23.8 Å². The van der Waals surface area contributed by atoms with Gasteiger partial charge in [-0.1, -0.05) is 0 Å². The number of hydrogen-bond acceptors (Lipinski definition) is 5. The zero-order chi connectivity index (χ0) is 10.7. The van der Waals surface area contributed by atoms with Crippen molar-refractivity contribution in [1.82, 2.24) is 0 Å². The highest BCUT2D eigenvalue weighted by molar-refractivity contribution is 5.48. The molecule has 0 saturated heterocycles. The SMILES string of the molecule is N#CC(O)C(O)c1cc(N)ccc1O. The number of aliphatic hydroxyl groups excluding tert-OH is 2. The van der Waals surface area contributed by atoms with Gasteiger partial charge in [0.1, 0.15) is 11.9 Å². The van der Waals surface area contributed by atoms with Gasteiger partial charge in [-0.3, -0.25) is 0 Å². The average molecular weight is 194 g/mol. The summed E-state index contributed by atoms with van der Waals surface area (Å²) in [6.07, 6.45) is -3.04. The van der Waals surface area contributed by atoms with Crippen molar-refractivity contribution in [2.45, 2.75) is 12.2 Å². The van der Waals surface area contributed by atoms with Crippen LogP contribution in [0.2, 0.25) is 0 Å². The number of nitrogens with zero attached hydrogens (tertiary/aromatic N) is 1. The van der Waals surface area contributed by atoms with Gasteiger partial charge in [-0.2, -0.15) is 5.26 Å². The zero-order valence-corrected chi connectivity index (χ0v) is 7.25. The van der Waals surface area contributed by atoms with E-state index < -0.39 is 12.2 Å². The summed E-state index contributed by atoms with van der Waals surface area (Å²) < 4.78 is 0. The van der Waals surface area contributed by atoms with E-state index in [9.17, 15) is 10.2 Å². The highest BCUT2D eigenvalue weighted by atomic mass is 16.3. The fraction of sp³-hybridized carbons (Fsp3) is 0.222. The van der Waals surface area contributed by atoms with E-state index in [1.165, 1.54) is 24.3 Å². The Morgan fingerprint density at radius 3 is 2.57 bits per heavy atom. The number of nitrogens with two attached hydrogens (primary N) is 1. The van der Waals surface area contributed by atoms with E-state index >= 15 is 0 Å². The number of anilines is 1. The van der Waals surface area contributed by atoms with Crippen LogP contribution in [0.15, 0.2) is 18.2 Å². The van der Waals surface area contributed by atoms with E-state index in [1.807, 2.05) is 0 Å². The Morgan fingerprint density at radius 1 is 1.36 bits per heavy atom. The maximum absolute atomic E-state index is 9.41. The Balaban J connectivity index is 3.07. The molecule has 0 aliphatic rings. The number of aromatic hydroxyl groups is 1. The Hall–Kier alpha value is -1.77. The average Bonchev–Trinajstić information content (AvgIpc) is 2.19. The standard InChI is InChI=1S/C9H10N2O3/c10-4-8(13)9(14)6-3-5(11)1-2-7(6)12/h1-3,8-9,12-14H,11H2. The Kier molecular flexibility index (Phi) is 2.92. The number of rotatable bonds is 2. The van der Waals surface area contributed by atoms with Crippen molar-refractivity contribution in [2.24, 2.45) is 0 Å². The van der Waals surface area contributed by atoms with Crippen LogP contribution >= 0.6 is 0 Å². The topological polar surface area (TPSA) is 110 Å². The van der Waals surface area contributed by atoms with Gasteiger partial charge in [0.25, 0.3) is 0 Å². The molecular weight excluding hydrogens is 184 g/mol. The van der Waals surface area contributed by atoms with Crippen LogP contribution in [0.3, 0.4) is 0 Å². The van der Waals surface area contributed by atoms with Crippen LogP contribution < -0.4 is 5.73 Å². The van der Waals surface area contributed by atoms with Crippen molar-refractivity contribution in [3.8, 4) is 11.8 Å². The highest BCUT2D eigenvalue weighted by Gasteiger charge is 2.20. The molecule has 0 aromatic heterocycles. The Morgan fingerprint density at radius 2 is 2.00 bits per heavy atom. The second-order valence-corrected chi connectivity index (χ2v) is 2.84. The summed E-state index contributed by atoms with van der Waals surface area (Å²) in [6, 6.07) is 5.51. The van der Waals surface area contributed by atoms with E-state index in [1.54, 1.807) is 0 Å². The van der Waals surface area contributed by atoms with Crippen LogP contribution in [-0.2, 0) is 0 Å².